The fourth-order valence-electron chi connectivity index (χ4n) is 0.802. The predicted octanol–water partition coefficient (Wildman–Crippen LogP) is 0.750. The van der Waals surface area contributed by atoms with Gasteiger partial charge in [0.1, 0.15) is 6.10 Å². The van der Waals surface area contributed by atoms with Crippen LogP contribution >= 0.6 is 11.6 Å². The van der Waals surface area contributed by atoms with Gasteiger partial charge in [-0.15, -0.1) is 0 Å². The summed E-state index contributed by atoms with van der Waals surface area (Å²) >= 11 is 5.47. The van der Waals surface area contributed by atoms with Crippen LogP contribution in [0.1, 0.15) is 0 Å². The van der Waals surface area contributed by atoms with Gasteiger partial charge in [0.25, 0.3) is 6.43 Å². The third-order valence-electron chi connectivity index (χ3n) is 1.56. The molecule has 0 aliphatic rings. The van der Waals surface area contributed by atoms with Crippen LogP contribution in [0.5, 0.6) is 0 Å². The minimum absolute atomic E-state index is 0.0572. The number of anilines is 2. The van der Waals surface area contributed by atoms with Crippen LogP contribution < -0.4 is 11.1 Å². The van der Waals surface area contributed by atoms with Gasteiger partial charge < -0.3 is 16.2 Å². The fraction of sp³-hybridized carbons (Fsp3) is 0.429. The molecule has 1 aromatic heterocycles. The topological polar surface area (TPSA) is 84.1 Å². The fourth-order valence-corrected chi connectivity index (χ4v) is 0.935. The number of alkyl halides is 2. The molecule has 8 heteroatoms. The van der Waals surface area contributed by atoms with Crippen molar-refractivity contribution in [3.05, 3.63) is 11.5 Å². The van der Waals surface area contributed by atoms with Crippen LogP contribution in [0, 0.1) is 0 Å². The predicted molar refractivity (Wildman–Crippen MR) is 52.0 cm³/mol. The maximum absolute atomic E-state index is 11.9. The number of aliphatic hydroxyl groups excluding tert-OH is 1. The van der Waals surface area contributed by atoms with E-state index in [9.17, 15) is 8.78 Å². The molecule has 84 valence electrons. The first-order valence-electron chi connectivity index (χ1n) is 3.99. The van der Waals surface area contributed by atoms with Crippen molar-refractivity contribution in [2.45, 2.75) is 12.5 Å². The summed E-state index contributed by atoms with van der Waals surface area (Å²) in [7, 11) is 0. The Morgan fingerprint density at radius 3 is 2.87 bits per heavy atom. The second kappa shape index (κ2) is 5.04. The molecule has 0 spiro atoms. The van der Waals surface area contributed by atoms with Gasteiger partial charge in [-0.1, -0.05) is 0 Å². The summed E-state index contributed by atoms with van der Waals surface area (Å²) in [6.07, 6.45) is -3.36. The zero-order valence-electron chi connectivity index (χ0n) is 7.49. The van der Waals surface area contributed by atoms with E-state index < -0.39 is 12.5 Å². The number of rotatable bonds is 4. The molecular weight excluding hydrogens is 230 g/mol. The van der Waals surface area contributed by atoms with Crippen molar-refractivity contribution in [3.8, 4) is 0 Å². The summed E-state index contributed by atoms with van der Waals surface area (Å²) in [4.78, 5) is 7.25. The lowest BCUT2D eigenvalue weighted by Gasteiger charge is -2.12. The van der Waals surface area contributed by atoms with Gasteiger partial charge in [-0.3, -0.25) is 0 Å². The Hall–Kier alpha value is -1.21. The van der Waals surface area contributed by atoms with Crippen molar-refractivity contribution in [1.29, 1.82) is 0 Å². The Bertz CT molecular complexity index is 339. The number of nitrogens with two attached hydrogens (primary N) is 1. The minimum atomic E-state index is -2.82. The summed E-state index contributed by atoms with van der Waals surface area (Å²) in [5.41, 5.74) is 5.60. The summed E-state index contributed by atoms with van der Waals surface area (Å²) in [5, 5.41) is 11.2. The Morgan fingerprint density at radius 1 is 1.60 bits per heavy atom. The SMILES string of the molecule is Nc1cnc(Cl)nc1NCC(O)C(F)F. The molecule has 0 bridgehead atoms. The van der Waals surface area contributed by atoms with E-state index in [-0.39, 0.29) is 23.3 Å². The highest BCUT2D eigenvalue weighted by Gasteiger charge is 2.16. The van der Waals surface area contributed by atoms with Crippen LogP contribution in [-0.4, -0.2) is 34.1 Å². The zero-order valence-corrected chi connectivity index (χ0v) is 8.25. The number of nitrogen functional groups attached to an aromatic ring is 1. The van der Waals surface area contributed by atoms with Gasteiger partial charge in [0.15, 0.2) is 5.82 Å². The molecule has 1 unspecified atom stereocenters. The summed E-state index contributed by atoms with van der Waals surface area (Å²) in [5.74, 6) is 0.120. The molecule has 0 saturated carbocycles. The minimum Gasteiger partial charge on any atom is -0.394 e. The first-order valence-corrected chi connectivity index (χ1v) is 4.36. The van der Waals surface area contributed by atoms with Crippen LogP contribution in [0.15, 0.2) is 6.20 Å². The maximum Gasteiger partial charge on any atom is 0.265 e. The molecule has 0 saturated heterocycles. The number of nitrogens with zero attached hydrogens (tertiary/aromatic N) is 2. The van der Waals surface area contributed by atoms with E-state index in [1.807, 2.05) is 0 Å². The van der Waals surface area contributed by atoms with Gasteiger partial charge in [-0.2, -0.15) is 4.98 Å². The highest BCUT2D eigenvalue weighted by molar-refractivity contribution is 6.28. The van der Waals surface area contributed by atoms with Crippen LogP contribution in [0.25, 0.3) is 0 Å². The lowest BCUT2D eigenvalue weighted by Crippen LogP contribution is -2.27. The number of aliphatic hydroxyl groups is 1. The normalized spacial score (nSPS) is 12.9. The lowest BCUT2D eigenvalue weighted by molar-refractivity contribution is 0.00381. The standard InChI is InChI=1S/C7H9ClF2N4O/c8-7-13-1-3(11)6(14-7)12-2-4(15)5(9)10/h1,4-5,15H,2,11H2,(H,12,13,14). The van der Waals surface area contributed by atoms with E-state index in [0.717, 1.165) is 0 Å². The molecule has 0 aromatic carbocycles. The number of halogens is 3. The van der Waals surface area contributed by atoms with Crippen molar-refractivity contribution < 1.29 is 13.9 Å². The summed E-state index contributed by atoms with van der Waals surface area (Å²) in [6, 6.07) is 0. The van der Waals surface area contributed by atoms with E-state index in [1.165, 1.54) is 6.20 Å². The highest BCUT2D eigenvalue weighted by Crippen LogP contribution is 2.16. The second-order valence-electron chi connectivity index (χ2n) is 2.73. The Labute approximate surface area is 89.3 Å². The molecule has 1 heterocycles. The number of nitrogens with one attached hydrogen (secondary N) is 1. The first-order chi connectivity index (χ1) is 7.00. The van der Waals surface area contributed by atoms with E-state index in [1.54, 1.807) is 0 Å². The number of hydrogen-bond acceptors (Lipinski definition) is 5. The quantitative estimate of drug-likeness (QED) is 0.674. The average Bonchev–Trinajstić information content (AvgIpc) is 2.18. The lowest BCUT2D eigenvalue weighted by atomic mass is 10.3. The Morgan fingerprint density at radius 2 is 2.27 bits per heavy atom. The van der Waals surface area contributed by atoms with E-state index in [0.29, 0.717) is 0 Å². The van der Waals surface area contributed by atoms with Crippen LogP contribution in [0.4, 0.5) is 20.3 Å². The molecule has 1 atom stereocenters. The largest absolute Gasteiger partial charge is 0.394 e. The van der Waals surface area contributed by atoms with Crippen molar-refractivity contribution >= 4 is 23.1 Å². The van der Waals surface area contributed by atoms with Gasteiger partial charge in [-0.25, -0.2) is 13.8 Å². The van der Waals surface area contributed by atoms with Gasteiger partial charge in [0.2, 0.25) is 5.28 Å². The highest BCUT2D eigenvalue weighted by atomic mass is 35.5. The Kier molecular flexibility index (Phi) is 3.98. The second-order valence-corrected chi connectivity index (χ2v) is 3.06. The van der Waals surface area contributed by atoms with Crippen molar-refractivity contribution in [1.82, 2.24) is 9.97 Å². The van der Waals surface area contributed by atoms with Crippen LogP contribution in [0.2, 0.25) is 5.28 Å². The zero-order chi connectivity index (χ0) is 11.4. The molecule has 0 aliphatic carbocycles. The molecule has 0 aliphatic heterocycles. The third-order valence-corrected chi connectivity index (χ3v) is 1.74. The smallest absolute Gasteiger partial charge is 0.265 e. The number of hydrogen-bond donors (Lipinski definition) is 3. The average molecular weight is 239 g/mol. The van der Waals surface area contributed by atoms with Crippen LogP contribution in [0.3, 0.4) is 0 Å². The molecule has 1 aromatic rings. The van der Waals surface area contributed by atoms with E-state index >= 15 is 0 Å². The maximum atomic E-state index is 11.9. The van der Waals surface area contributed by atoms with Gasteiger partial charge in [0, 0.05) is 6.54 Å². The molecule has 1 rings (SSSR count). The first kappa shape index (κ1) is 11.9. The van der Waals surface area contributed by atoms with E-state index in [4.69, 9.17) is 22.4 Å². The summed E-state index contributed by atoms with van der Waals surface area (Å²) in [6.45, 7) is -0.366. The van der Waals surface area contributed by atoms with Crippen LogP contribution in [-0.2, 0) is 0 Å². The van der Waals surface area contributed by atoms with Crippen molar-refractivity contribution in [2.24, 2.45) is 0 Å². The third kappa shape index (κ3) is 3.45. The molecule has 0 amide bonds. The molecule has 5 nitrogen and oxygen atoms in total. The number of aromatic nitrogens is 2. The molecule has 4 N–H and O–H groups in total. The molecule has 0 radical (unpaired) electrons. The van der Waals surface area contributed by atoms with E-state index in [2.05, 4.69) is 15.3 Å². The molecule has 0 fully saturated rings. The Balaban J connectivity index is 2.61. The van der Waals surface area contributed by atoms with Gasteiger partial charge >= 0.3 is 0 Å². The van der Waals surface area contributed by atoms with Gasteiger partial charge in [0.05, 0.1) is 11.9 Å². The van der Waals surface area contributed by atoms with Crippen molar-refractivity contribution in [3.63, 3.8) is 0 Å². The molecule has 15 heavy (non-hydrogen) atoms. The molecular formula is C7H9ClF2N4O. The van der Waals surface area contributed by atoms with Gasteiger partial charge in [-0.05, 0) is 11.6 Å². The monoisotopic (exact) mass is 238 g/mol. The van der Waals surface area contributed by atoms with Crippen molar-refractivity contribution in [2.75, 3.05) is 17.6 Å². The summed E-state index contributed by atoms with van der Waals surface area (Å²) < 4.78 is 23.9.